The van der Waals surface area contributed by atoms with Gasteiger partial charge in [0.25, 0.3) is 0 Å². The summed E-state index contributed by atoms with van der Waals surface area (Å²) in [6, 6.07) is 8.13. The Labute approximate surface area is 101 Å². The van der Waals surface area contributed by atoms with E-state index in [9.17, 15) is 4.39 Å². The van der Waals surface area contributed by atoms with E-state index in [1.807, 2.05) is 17.5 Å². The molecule has 0 aliphatic carbocycles. The summed E-state index contributed by atoms with van der Waals surface area (Å²) in [5.74, 6) is 0.585. The molecule has 0 fully saturated rings. The maximum atomic E-state index is 13.1. The molecule has 17 heavy (non-hydrogen) atoms. The van der Waals surface area contributed by atoms with Crippen LogP contribution in [0.4, 0.5) is 10.2 Å². The van der Waals surface area contributed by atoms with E-state index in [0.29, 0.717) is 22.5 Å². The zero-order chi connectivity index (χ0) is 11.8. The van der Waals surface area contributed by atoms with Crippen LogP contribution in [0, 0.1) is 5.82 Å². The minimum atomic E-state index is -0.326. The molecule has 84 valence electrons. The van der Waals surface area contributed by atoms with Crippen LogP contribution < -0.4 is 5.73 Å². The molecule has 0 unspecified atom stereocenters. The number of hydrogen-bond donors (Lipinski definition) is 1. The van der Waals surface area contributed by atoms with Crippen LogP contribution in [0.25, 0.3) is 21.6 Å². The highest BCUT2D eigenvalue weighted by molar-refractivity contribution is 7.13. The van der Waals surface area contributed by atoms with Crippen LogP contribution >= 0.6 is 11.3 Å². The fourth-order valence-corrected chi connectivity index (χ4v) is 2.30. The number of anilines is 1. The lowest BCUT2D eigenvalue weighted by molar-refractivity contribution is 0.629. The number of fused-ring (bicyclic) bond motifs is 1. The quantitative estimate of drug-likeness (QED) is 0.716. The smallest absolute Gasteiger partial charge is 0.172 e. The molecule has 0 saturated carbocycles. The third-order valence-electron chi connectivity index (χ3n) is 2.43. The van der Waals surface area contributed by atoms with Crippen molar-refractivity contribution >= 4 is 28.1 Å². The normalized spacial score (nSPS) is 10.9. The number of aromatic nitrogens is 2. The maximum Gasteiger partial charge on any atom is 0.172 e. The van der Waals surface area contributed by atoms with Gasteiger partial charge in [0.15, 0.2) is 5.82 Å². The van der Waals surface area contributed by atoms with Gasteiger partial charge in [-0.2, -0.15) is 0 Å². The van der Waals surface area contributed by atoms with Gasteiger partial charge in [0.05, 0.1) is 10.4 Å². The molecular weight excluding hydrogens is 237 g/mol. The lowest BCUT2D eigenvalue weighted by atomic mass is 10.2. The predicted octanol–water partition coefficient (Wildman–Crippen LogP) is 3.08. The molecule has 0 aliphatic rings. The lowest BCUT2D eigenvalue weighted by Gasteiger charge is -2.03. The van der Waals surface area contributed by atoms with Gasteiger partial charge in [0.2, 0.25) is 0 Å². The van der Waals surface area contributed by atoms with Gasteiger partial charge in [-0.05, 0) is 23.6 Å². The Morgan fingerprint density at radius 1 is 1.18 bits per heavy atom. The van der Waals surface area contributed by atoms with Gasteiger partial charge >= 0.3 is 0 Å². The summed E-state index contributed by atoms with van der Waals surface area (Å²) >= 11 is 1.52. The van der Waals surface area contributed by atoms with E-state index in [0.717, 1.165) is 4.88 Å². The Balaban J connectivity index is 2.29. The highest BCUT2D eigenvalue weighted by Crippen LogP contribution is 2.26. The van der Waals surface area contributed by atoms with Crippen molar-refractivity contribution in [2.45, 2.75) is 0 Å². The average molecular weight is 245 g/mol. The number of rotatable bonds is 1. The molecule has 0 atom stereocenters. The minimum Gasteiger partial charge on any atom is -0.383 e. The van der Waals surface area contributed by atoms with Crippen LogP contribution in [-0.4, -0.2) is 9.97 Å². The first-order chi connectivity index (χ1) is 8.24. The zero-order valence-electron chi connectivity index (χ0n) is 8.72. The molecule has 1 aromatic carbocycles. The molecule has 0 bridgehead atoms. The second-order valence-electron chi connectivity index (χ2n) is 3.57. The number of nitrogens with zero attached hydrogens (tertiary/aromatic N) is 2. The van der Waals surface area contributed by atoms with E-state index in [2.05, 4.69) is 9.97 Å². The number of benzene rings is 1. The summed E-state index contributed by atoms with van der Waals surface area (Å²) in [6.45, 7) is 0. The highest BCUT2D eigenvalue weighted by Gasteiger charge is 2.08. The van der Waals surface area contributed by atoms with E-state index in [1.54, 1.807) is 6.07 Å². The summed E-state index contributed by atoms with van der Waals surface area (Å²) in [5, 5.41) is 2.61. The van der Waals surface area contributed by atoms with Crippen molar-refractivity contribution in [3.05, 3.63) is 41.5 Å². The van der Waals surface area contributed by atoms with Crippen LogP contribution in [0.5, 0.6) is 0 Å². The standard InChI is InChI=1S/C12H8FN3S/c13-7-3-4-8-9(6-7)15-12(16-11(8)14)10-2-1-5-17-10/h1-6H,(H2,14,15,16). The fourth-order valence-electron chi connectivity index (χ4n) is 1.64. The second kappa shape index (κ2) is 3.78. The Morgan fingerprint density at radius 3 is 2.82 bits per heavy atom. The van der Waals surface area contributed by atoms with Crippen LogP contribution in [0.3, 0.4) is 0 Å². The van der Waals surface area contributed by atoms with Gasteiger partial charge in [0, 0.05) is 11.5 Å². The van der Waals surface area contributed by atoms with Crippen LogP contribution in [-0.2, 0) is 0 Å². The molecule has 3 rings (SSSR count). The first kappa shape index (κ1) is 10.2. The third-order valence-corrected chi connectivity index (χ3v) is 3.30. The van der Waals surface area contributed by atoms with Gasteiger partial charge in [-0.25, -0.2) is 14.4 Å². The third kappa shape index (κ3) is 1.74. The first-order valence-corrected chi connectivity index (χ1v) is 5.88. The summed E-state index contributed by atoms with van der Waals surface area (Å²) < 4.78 is 13.1. The van der Waals surface area contributed by atoms with Gasteiger partial charge in [-0.3, -0.25) is 0 Å². The molecule has 3 aromatic rings. The van der Waals surface area contributed by atoms with Crippen molar-refractivity contribution < 1.29 is 4.39 Å². The summed E-state index contributed by atoms with van der Waals surface area (Å²) in [6.07, 6.45) is 0. The van der Waals surface area contributed by atoms with Gasteiger partial charge in [0.1, 0.15) is 11.6 Å². The number of hydrogen-bond acceptors (Lipinski definition) is 4. The second-order valence-corrected chi connectivity index (χ2v) is 4.52. The maximum absolute atomic E-state index is 13.1. The van der Waals surface area contributed by atoms with Crippen LogP contribution in [0.15, 0.2) is 35.7 Å². The van der Waals surface area contributed by atoms with Crippen LogP contribution in [0.2, 0.25) is 0 Å². The Bertz CT molecular complexity index is 680. The molecule has 0 saturated heterocycles. The van der Waals surface area contributed by atoms with Crippen molar-refractivity contribution in [3.63, 3.8) is 0 Å². The van der Waals surface area contributed by atoms with E-state index in [-0.39, 0.29) is 5.82 Å². The Morgan fingerprint density at radius 2 is 2.06 bits per heavy atom. The van der Waals surface area contributed by atoms with E-state index in [1.165, 1.54) is 23.5 Å². The molecule has 2 heterocycles. The van der Waals surface area contributed by atoms with Gasteiger partial charge < -0.3 is 5.73 Å². The first-order valence-electron chi connectivity index (χ1n) is 5.01. The molecule has 5 heteroatoms. The fraction of sp³-hybridized carbons (Fsp3) is 0. The highest BCUT2D eigenvalue weighted by atomic mass is 32.1. The van der Waals surface area contributed by atoms with Crippen LogP contribution in [0.1, 0.15) is 0 Å². The monoisotopic (exact) mass is 245 g/mol. The van der Waals surface area contributed by atoms with E-state index in [4.69, 9.17) is 5.73 Å². The molecule has 2 N–H and O–H groups in total. The summed E-state index contributed by atoms with van der Waals surface area (Å²) in [7, 11) is 0. The van der Waals surface area contributed by atoms with Gasteiger partial charge in [-0.15, -0.1) is 11.3 Å². The van der Waals surface area contributed by atoms with E-state index < -0.39 is 0 Å². The minimum absolute atomic E-state index is 0.326. The number of thiophene rings is 1. The summed E-state index contributed by atoms with van der Waals surface area (Å²) in [5.41, 5.74) is 6.37. The number of nitrogens with two attached hydrogens (primary N) is 1. The van der Waals surface area contributed by atoms with Crippen molar-refractivity contribution in [1.29, 1.82) is 0 Å². The van der Waals surface area contributed by atoms with Crippen molar-refractivity contribution in [1.82, 2.24) is 9.97 Å². The molecule has 3 nitrogen and oxygen atoms in total. The van der Waals surface area contributed by atoms with Gasteiger partial charge in [-0.1, -0.05) is 6.07 Å². The largest absolute Gasteiger partial charge is 0.383 e. The molecular formula is C12H8FN3S. The molecule has 0 amide bonds. The van der Waals surface area contributed by atoms with Crippen molar-refractivity contribution in [2.24, 2.45) is 0 Å². The number of nitrogen functional groups attached to an aromatic ring is 1. The Hall–Kier alpha value is -2.01. The van der Waals surface area contributed by atoms with Crippen molar-refractivity contribution in [3.8, 4) is 10.7 Å². The molecule has 2 aromatic heterocycles. The SMILES string of the molecule is Nc1nc(-c2cccs2)nc2cc(F)ccc12. The molecule has 0 aliphatic heterocycles. The summed E-state index contributed by atoms with van der Waals surface area (Å²) in [4.78, 5) is 9.47. The van der Waals surface area contributed by atoms with E-state index >= 15 is 0 Å². The topological polar surface area (TPSA) is 51.8 Å². The van der Waals surface area contributed by atoms with Crippen molar-refractivity contribution in [2.75, 3.05) is 5.73 Å². The molecule has 0 radical (unpaired) electrons. The Kier molecular flexibility index (Phi) is 2.26. The zero-order valence-corrected chi connectivity index (χ0v) is 9.54. The number of halogens is 1. The average Bonchev–Trinajstić information content (AvgIpc) is 2.81. The lowest BCUT2D eigenvalue weighted by Crippen LogP contribution is -1.97. The predicted molar refractivity (Wildman–Crippen MR) is 67.2 cm³/mol. The molecule has 0 spiro atoms.